The van der Waals surface area contributed by atoms with Gasteiger partial charge in [0.1, 0.15) is 9.88 Å². The molecule has 1 heterocycles. The SMILES string of the molecule is COC(=O)c1sc(NC(=O)CCCCl)c(C(=O)OC)c1C. The summed E-state index contributed by atoms with van der Waals surface area (Å²) in [7, 11) is 2.48. The lowest BCUT2D eigenvalue weighted by molar-refractivity contribution is -0.116. The highest BCUT2D eigenvalue weighted by atomic mass is 35.5. The van der Waals surface area contributed by atoms with Crippen LogP contribution in [0.4, 0.5) is 5.00 Å². The molecule has 1 aromatic heterocycles. The fourth-order valence-corrected chi connectivity index (χ4v) is 2.92. The van der Waals surface area contributed by atoms with E-state index in [1.54, 1.807) is 6.92 Å². The predicted molar refractivity (Wildman–Crippen MR) is 80.3 cm³/mol. The van der Waals surface area contributed by atoms with Crippen molar-refractivity contribution >= 4 is 45.8 Å². The van der Waals surface area contributed by atoms with Crippen molar-refractivity contribution in [1.29, 1.82) is 0 Å². The van der Waals surface area contributed by atoms with E-state index in [1.807, 2.05) is 0 Å². The summed E-state index contributed by atoms with van der Waals surface area (Å²) < 4.78 is 9.35. The third kappa shape index (κ3) is 4.18. The molecule has 0 saturated heterocycles. The standard InChI is InChI=1S/C13H16ClNO5S/c1-7-9(12(17)19-2)11(15-8(16)5-4-6-14)21-10(7)13(18)20-3/h4-6H2,1-3H3,(H,15,16). The van der Waals surface area contributed by atoms with Crippen molar-refractivity contribution < 1.29 is 23.9 Å². The third-order valence-electron chi connectivity index (χ3n) is 2.70. The summed E-state index contributed by atoms with van der Waals surface area (Å²) in [5.41, 5.74) is 0.591. The second-order valence-electron chi connectivity index (χ2n) is 4.08. The highest BCUT2D eigenvalue weighted by Gasteiger charge is 2.26. The normalized spacial score (nSPS) is 10.1. The van der Waals surface area contributed by atoms with Crippen LogP contribution < -0.4 is 5.32 Å². The van der Waals surface area contributed by atoms with Gasteiger partial charge in [-0.2, -0.15) is 0 Å². The first-order valence-corrected chi connectivity index (χ1v) is 7.47. The number of halogens is 1. The Balaban J connectivity index is 3.14. The van der Waals surface area contributed by atoms with Gasteiger partial charge in [0.15, 0.2) is 0 Å². The van der Waals surface area contributed by atoms with Crippen LogP contribution in [0, 0.1) is 6.92 Å². The van der Waals surface area contributed by atoms with Crippen molar-refractivity contribution in [1.82, 2.24) is 0 Å². The molecule has 0 spiro atoms. The zero-order valence-corrected chi connectivity index (χ0v) is 13.5. The van der Waals surface area contributed by atoms with Crippen LogP contribution >= 0.6 is 22.9 Å². The number of ether oxygens (including phenoxy) is 2. The van der Waals surface area contributed by atoms with Crippen LogP contribution in [0.15, 0.2) is 0 Å². The smallest absolute Gasteiger partial charge is 0.348 e. The number of alkyl halides is 1. The number of esters is 2. The molecule has 116 valence electrons. The van der Waals surface area contributed by atoms with Crippen molar-refractivity contribution in [3.8, 4) is 0 Å². The molecule has 6 nitrogen and oxygen atoms in total. The van der Waals surface area contributed by atoms with Gasteiger partial charge in [0, 0.05) is 12.3 Å². The summed E-state index contributed by atoms with van der Waals surface area (Å²) in [5.74, 6) is -1.09. The third-order valence-corrected chi connectivity index (χ3v) is 4.15. The van der Waals surface area contributed by atoms with Gasteiger partial charge >= 0.3 is 11.9 Å². The van der Waals surface area contributed by atoms with Crippen LogP contribution in [0.1, 0.15) is 38.4 Å². The molecule has 0 radical (unpaired) electrons. The van der Waals surface area contributed by atoms with E-state index in [0.29, 0.717) is 17.9 Å². The molecule has 0 aliphatic heterocycles. The van der Waals surface area contributed by atoms with Crippen LogP contribution in [0.2, 0.25) is 0 Å². The summed E-state index contributed by atoms with van der Waals surface area (Å²) >= 11 is 6.51. The van der Waals surface area contributed by atoms with Gasteiger partial charge in [0.05, 0.1) is 19.8 Å². The monoisotopic (exact) mass is 333 g/mol. The summed E-state index contributed by atoms with van der Waals surface area (Å²) in [6.45, 7) is 1.60. The summed E-state index contributed by atoms with van der Waals surface area (Å²) in [6.07, 6.45) is 0.754. The fraction of sp³-hybridized carbons (Fsp3) is 0.462. The minimum Gasteiger partial charge on any atom is -0.465 e. The summed E-state index contributed by atoms with van der Waals surface area (Å²) in [4.78, 5) is 35.5. The molecule has 1 N–H and O–H groups in total. The molecule has 0 fully saturated rings. The van der Waals surface area contributed by atoms with E-state index >= 15 is 0 Å². The molecule has 0 atom stereocenters. The first-order valence-electron chi connectivity index (χ1n) is 6.12. The van der Waals surface area contributed by atoms with E-state index in [2.05, 4.69) is 10.1 Å². The molecular weight excluding hydrogens is 318 g/mol. The molecule has 8 heteroatoms. The number of hydrogen-bond acceptors (Lipinski definition) is 6. The van der Waals surface area contributed by atoms with Crippen molar-refractivity contribution in [2.45, 2.75) is 19.8 Å². The number of methoxy groups -OCH3 is 2. The lowest BCUT2D eigenvalue weighted by Gasteiger charge is -2.05. The van der Waals surface area contributed by atoms with Crippen LogP contribution in [-0.4, -0.2) is 37.9 Å². The minimum atomic E-state index is -0.619. The molecule has 21 heavy (non-hydrogen) atoms. The Morgan fingerprint density at radius 1 is 1.19 bits per heavy atom. The van der Waals surface area contributed by atoms with Gasteiger partial charge in [-0.15, -0.1) is 22.9 Å². The Morgan fingerprint density at radius 2 is 1.81 bits per heavy atom. The molecule has 1 aromatic rings. The Hall–Kier alpha value is -1.60. The van der Waals surface area contributed by atoms with Gasteiger partial charge in [-0.25, -0.2) is 9.59 Å². The molecule has 1 amide bonds. The number of amides is 1. The molecule has 0 saturated carbocycles. The van der Waals surface area contributed by atoms with Gasteiger partial charge in [-0.3, -0.25) is 4.79 Å². The summed E-state index contributed by atoms with van der Waals surface area (Å²) in [5, 5.41) is 2.89. The van der Waals surface area contributed by atoms with Crippen LogP contribution in [0.5, 0.6) is 0 Å². The molecular formula is C13H16ClNO5S. The average molecular weight is 334 g/mol. The molecule has 0 aliphatic rings. The average Bonchev–Trinajstić information content (AvgIpc) is 2.80. The lowest BCUT2D eigenvalue weighted by atomic mass is 10.1. The maximum Gasteiger partial charge on any atom is 0.348 e. The first-order chi connectivity index (χ1) is 9.96. The van der Waals surface area contributed by atoms with E-state index in [4.69, 9.17) is 16.3 Å². The van der Waals surface area contributed by atoms with Crippen LogP contribution in [-0.2, 0) is 14.3 Å². The zero-order chi connectivity index (χ0) is 16.0. The number of thiophene rings is 1. The molecule has 0 bridgehead atoms. The first kappa shape index (κ1) is 17.5. The number of anilines is 1. The molecule has 0 unspecified atom stereocenters. The number of nitrogens with one attached hydrogen (secondary N) is 1. The maximum atomic E-state index is 11.8. The highest BCUT2D eigenvalue weighted by molar-refractivity contribution is 7.18. The number of carbonyl (C=O) groups is 3. The highest BCUT2D eigenvalue weighted by Crippen LogP contribution is 2.34. The van der Waals surface area contributed by atoms with Crippen molar-refractivity contribution in [3.63, 3.8) is 0 Å². The number of carbonyl (C=O) groups excluding carboxylic acids is 3. The minimum absolute atomic E-state index is 0.169. The van der Waals surface area contributed by atoms with Crippen LogP contribution in [0.3, 0.4) is 0 Å². The molecule has 0 aliphatic carbocycles. The van der Waals surface area contributed by atoms with Gasteiger partial charge in [0.25, 0.3) is 0 Å². The molecule has 0 aromatic carbocycles. The van der Waals surface area contributed by atoms with E-state index in [9.17, 15) is 14.4 Å². The van der Waals surface area contributed by atoms with Crippen molar-refractivity contribution in [2.75, 3.05) is 25.4 Å². The zero-order valence-electron chi connectivity index (χ0n) is 11.9. The molecule has 1 rings (SSSR count). The van der Waals surface area contributed by atoms with E-state index in [1.165, 1.54) is 14.2 Å². The summed E-state index contributed by atoms with van der Waals surface area (Å²) in [6, 6.07) is 0. The predicted octanol–water partition coefficient (Wildman–Crippen LogP) is 2.59. The van der Waals surface area contributed by atoms with Gasteiger partial charge < -0.3 is 14.8 Å². The van der Waals surface area contributed by atoms with Gasteiger partial charge in [-0.1, -0.05) is 0 Å². The largest absolute Gasteiger partial charge is 0.465 e. The lowest BCUT2D eigenvalue weighted by Crippen LogP contribution is -2.14. The Kier molecular flexibility index (Phi) is 6.64. The Bertz CT molecular complexity index is 555. The Labute approximate surface area is 131 Å². The second kappa shape index (κ2) is 7.99. The topological polar surface area (TPSA) is 81.7 Å². The van der Waals surface area contributed by atoms with E-state index in [0.717, 1.165) is 11.3 Å². The van der Waals surface area contributed by atoms with E-state index < -0.39 is 11.9 Å². The maximum absolute atomic E-state index is 11.8. The van der Waals surface area contributed by atoms with Crippen molar-refractivity contribution in [2.24, 2.45) is 0 Å². The van der Waals surface area contributed by atoms with Crippen LogP contribution in [0.25, 0.3) is 0 Å². The van der Waals surface area contributed by atoms with Gasteiger partial charge in [0.2, 0.25) is 5.91 Å². The Morgan fingerprint density at radius 3 is 2.33 bits per heavy atom. The fourth-order valence-electron chi connectivity index (χ4n) is 1.65. The number of rotatable bonds is 6. The van der Waals surface area contributed by atoms with Gasteiger partial charge in [-0.05, 0) is 18.9 Å². The van der Waals surface area contributed by atoms with E-state index in [-0.39, 0.29) is 27.8 Å². The second-order valence-corrected chi connectivity index (χ2v) is 5.48. The van der Waals surface area contributed by atoms with Crippen molar-refractivity contribution in [3.05, 3.63) is 16.0 Å². The quantitative estimate of drug-likeness (QED) is 0.639. The number of hydrogen-bond donors (Lipinski definition) is 1.